The molecule has 0 fully saturated rings. The lowest BCUT2D eigenvalue weighted by Gasteiger charge is -2.07. The molecule has 2 aromatic rings. The van der Waals surface area contributed by atoms with Gasteiger partial charge in [0, 0.05) is 6.54 Å². The molecule has 0 heterocycles. The van der Waals surface area contributed by atoms with Crippen LogP contribution in [0.5, 0.6) is 5.75 Å². The molecule has 0 unspecified atom stereocenters. The van der Waals surface area contributed by atoms with E-state index in [-0.39, 0.29) is 5.82 Å². The van der Waals surface area contributed by atoms with Gasteiger partial charge in [0.1, 0.15) is 18.2 Å². The summed E-state index contributed by atoms with van der Waals surface area (Å²) in [7, 11) is 0. The lowest BCUT2D eigenvalue weighted by Crippen LogP contribution is -1.99. The molecule has 0 amide bonds. The van der Waals surface area contributed by atoms with Crippen LogP contribution in [0.2, 0.25) is 0 Å². The minimum atomic E-state index is -0.248. The van der Waals surface area contributed by atoms with Crippen LogP contribution in [-0.2, 0) is 13.2 Å². The molecule has 3 heteroatoms. The fourth-order valence-electron chi connectivity index (χ4n) is 1.56. The van der Waals surface area contributed by atoms with Crippen molar-refractivity contribution in [1.29, 1.82) is 0 Å². The maximum atomic E-state index is 12.9. The Kier molecular flexibility index (Phi) is 3.73. The molecule has 0 atom stereocenters. The molecule has 0 saturated carbocycles. The Labute approximate surface area is 99.8 Å². The van der Waals surface area contributed by atoms with Gasteiger partial charge in [0.15, 0.2) is 0 Å². The van der Waals surface area contributed by atoms with Crippen molar-refractivity contribution in [2.24, 2.45) is 5.73 Å². The molecule has 0 aromatic heterocycles. The van der Waals surface area contributed by atoms with Crippen molar-refractivity contribution < 1.29 is 9.13 Å². The van der Waals surface area contributed by atoms with Gasteiger partial charge >= 0.3 is 0 Å². The van der Waals surface area contributed by atoms with Crippen LogP contribution in [-0.4, -0.2) is 0 Å². The van der Waals surface area contributed by atoms with Gasteiger partial charge in [-0.25, -0.2) is 4.39 Å². The van der Waals surface area contributed by atoms with Crippen LogP contribution in [0.25, 0.3) is 0 Å². The number of benzene rings is 2. The number of hydrogen-bond donors (Lipinski definition) is 1. The smallest absolute Gasteiger partial charge is 0.123 e. The summed E-state index contributed by atoms with van der Waals surface area (Å²) in [4.78, 5) is 0. The molecule has 0 aliphatic heterocycles. The molecule has 2 N–H and O–H groups in total. The van der Waals surface area contributed by atoms with Gasteiger partial charge in [0.25, 0.3) is 0 Å². The monoisotopic (exact) mass is 231 g/mol. The van der Waals surface area contributed by atoms with Crippen molar-refractivity contribution in [2.45, 2.75) is 13.2 Å². The van der Waals surface area contributed by atoms with E-state index in [2.05, 4.69) is 0 Å². The summed E-state index contributed by atoms with van der Waals surface area (Å²) >= 11 is 0. The van der Waals surface area contributed by atoms with Crippen LogP contribution in [0.1, 0.15) is 11.1 Å². The van der Waals surface area contributed by atoms with Crippen LogP contribution in [0.3, 0.4) is 0 Å². The summed E-state index contributed by atoms with van der Waals surface area (Å²) in [5, 5.41) is 0. The second kappa shape index (κ2) is 5.46. The predicted molar refractivity (Wildman–Crippen MR) is 65.1 cm³/mol. The second-order valence-corrected chi connectivity index (χ2v) is 3.77. The van der Waals surface area contributed by atoms with Crippen molar-refractivity contribution >= 4 is 0 Å². The Morgan fingerprint density at radius 3 is 2.53 bits per heavy atom. The van der Waals surface area contributed by atoms with E-state index in [4.69, 9.17) is 10.5 Å². The van der Waals surface area contributed by atoms with Crippen LogP contribution >= 0.6 is 0 Å². The molecule has 2 nitrogen and oxygen atoms in total. The Balaban J connectivity index is 2.02. The van der Waals surface area contributed by atoms with Crippen LogP contribution in [0.15, 0.2) is 48.5 Å². The summed E-state index contributed by atoms with van der Waals surface area (Å²) in [5.74, 6) is 0.499. The summed E-state index contributed by atoms with van der Waals surface area (Å²) in [5.41, 5.74) is 7.36. The molecule has 0 aliphatic carbocycles. The first-order valence-corrected chi connectivity index (χ1v) is 5.44. The lowest BCUT2D eigenvalue weighted by atomic mass is 10.2. The quantitative estimate of drug-likeness (QED) is 0.878. The van der Waals surface area contributed by atoms with Crippen molar-refractivity contribution in [3.63, 3.8) is 0 Å². The van der Waals surface area contributed by atoms with Gasteiger partial charge in [0.05, 0.1) is 0 Å². The van der Waals surface area contributed by atoms with Gasteiger partial charge in [-0.3, -0.25) is 0 Å². The van der Waals surface area contributed by atoms with E-state index in [1.807, 2.05) is 30.3 Å². The SMILES string of the molecule is NCc1cccc(OCc2cccc(F)c2)c1. The highest BCUT2D eigenvalue weighted by Crippen LogP contribution is 2.15. The van der Waals surface area contributed by atoms with E-state index >= 15 is 0 Å². The Bertz CT molecular complexity index is 499. The Morgan fingerprint density at radius 1 is 1.00 bits per heavy atom. The molecule has 2 aromatic carbocycles. The van der Waals surface area contributed by atoms with Gasteiger partial charge in [-0.2, -0.15) is 0 Å². The van der Waals surface area contributed by atoms with E-state index in [1.165, 1.54) is 12.1 Å². The zero-order chi connectivity index (χ0) is 12.1. The maximum Gasteiger partial charge on any atom is 0.123 e. The summed E-state index contributed by atoms with van der Waals surface area (Å²) < 4.78 is 18.5. The van der Waals surface area contributed by atoms with Crippen LogP contribution < -0.4 is 10.5 Å². The van der Waals surface area contributed by atoms with Gasteiger partial charge < -0.3 is 10.5 Å². The fraction of sp³-hybridized carbons (Fsp3) is 0.143. The van der Waals surface area contributed by atoms with Gasteiger partial charge in [-0.15, -0.1) is 0 Å². The highest BCUT2D eigenvalue weighted by atomic mass is 19.1. The molecule has 2 rings (SSSR count). The zero-order valence-corrected chi connectivity index (χ0v) is 9.40. The number of nitrogens with two attached hydrogens (primary N) is 1. The van der Waals surface area contributed by atoms with Gasteiger partial charge in [0.2, 0.25) is 0 Å². The van der Waals surface area contributed by atoms with Crippen molar-refractivity contribution in [3.05, 3.63) is 65.5 Å². The first-order valence-electron chi connectivity index (χ1n) is 5.44. The molecule has 0 radical (unpaired) electrons. The van der Waals surface area contributed by atoms with E-state index in [0.717, 1.165) is 16.9 Å². The number of rotatable bonds is 4. The standard InChI is InChI=1S/C14H14FNO/c15-13-5-1-4-12(7-13)10-17-14-6-2-3-11(8-14)9-16/h1-8H,9-10,16H2. The largest absolute Gasteiger partial charge is 0.489 e. The third-order valence-corrected chi connectivity index (χ3v) is 2.43. The first kappa shape index (κ1) is 11.6. The van der Waals surface area contributed by atoms with E-state index in [0.29, 0.717) is 13.2 Å². The maximum absolute atomic E-state index is 12.9. The van der Waals surface area contributed by atoms with E-state index < -0.39 is 0 Å². The van der Waals surface area contributed by atoms with E-state index in [1.54, 1.807) is 6.07 Å². The average molecular weight is 231 g/mol. The van der Waals surface area contributed by atoms with Gasteiger partial charge in [-0.05, 0) is 35.4 Å². The third kappa shape index (κ3) is 3.29. The van der Waals surface area contributed by atoms with Gasteiger partial charge in [-0.1, -0.05) is 24.3 Å². The summed E-state index contributed by atoms with van der Waals surface area (Å²) in [6.45, 7) is 0.836. The number of halogens is 1. The normalized spacial score (nSPS) is 10.2. The first-order chi connectivity index (χ1) is 8.28. The van der Waals surface area contributed by atoms with Crippen molar-refractivity contribution in [2.75, 3.05) is 0 Å². The van der Waals surface area contributed by atoms with Crippen molar-refractivity contribution in [1.82, 2.24) is 0 Å². The minimum absolute atomic E-state index is 0.248. The fourth-order valence-corrected chi connectivity index (χ4v) is 1.56. The summed E-state index contributed by atoms with van der Waals surface area (Å²) in [6.07, 6.45) is 0. The lowest BCUT2D eigenvalue weighted by molar-refractivity contribution is 0.305. The summed E-state index contributed by atoms with van der Waals surface area (Å²) in [6, 6.07) is 14.0. The Hall–Kier alpha value is -1.87. The molecule has 17 heavy (non-hydrogen) atoms. The highest BCUT2D eigenvalue weighted by Gasteiger charge is 1.98. The molecule has 0 bridgehead atoms. The molecule has 0 aliphatic rings. The predicted octanol–water partition coefficient (Wildman–Crippen LogP) is 2.86. The van der Waals surface area contributed by atoms with E-state index in [9.17, 15) is 4.39 Å². The molecule has 88 valence electrons. The second-order valence-electron chi connectivity index (χ2n) is 3.77. The van der Waals surface area contributed by atoms with Crippen molar-refractivity contribution in [3.8, 4) is 5.75 Å². The molecule has 0 spiro atoms. The van der Waals surface area contributed by atoms with Crippen LogP contribution in [0.4, 0.5) is 4.39 Å². The third-order valence-electron chi connectivity index (χ3n) is 2.43. The van der Waals surface area contributed by atoms with Crippen LogP contribution in [0, 0.1) is 5.82 Å². The zero-order valence-electron chi connectivity index (χ0n) is 9.40. The number of ether oxygens (including phenoxy) is 1. The highest BCUT2D eigenvalue weighted by molar-refractivity contribution is 5.28. The molecule has 0 saturated heterocycles. The molecular weight excluding hydrogens is 217 g/mol. The Morgan fingerprint density at radius 2 is 1.76 bits per heavy atom. The minimum Gasteiger partial charge on any atom is -0.489 e. The molecular formula is C14H14FNO. The average Bonchev–Trinajstić information content (AvgIpc) is 2.37. The topological polar surface area (TPSA) is 35.2 Å². The number of hydrogen-bond acceptors (Lipinski definition) is 2.